The van der Waals surface area contributed by atoms with Gasteiger partial charge < -0.3 is 9.84 Å². The van der Waals surface area contributed by atoms with Gasteiger partial charge in [-0.3, -0.25) is 4.90 Å². The number of halogens is 1. The van der Waals surface area contributed by atoms with Gasteiger partial charge in [0.05, 0.1) is 6.61 Å². The molecule has 0 spiro atoms. The normalized spacial score (nSPS) is 22.2. The Balaban J connectivity index is 1.62. The molecule has 0 saturated heterocycles. The number of benzene rings is 1. The Hall–Kier alpha value is -1.13. The molecule has 1 N–H and O–H groups in total. The first-order valence-electron chi connectivity index (χ1n) is 7.06. The topological polar surface area (TPSA) is 32.7 Å². The molecular formula is C15H20FNO2. The molecule has 0 aromatic heterocycles. The highest BCUT2D eigenvalue weighted by Gasteiger charge is 2.30. The van der Waals surface area contributed by atoms with Crippen molar-refractivity contribution in [2.75, 3.05) is 19.7 Å². The maximum absolute atomic E-state index is 13.2. The van der Waals surface area contributed by atoms with E-state index in [9.17, 15) is 4.39 Å². The molecule has 1 saturated carbocycles. The van der Waals surface area contributed by atoms with Crippen LogP contribution in [0.25, 0.3) is 0 Å². The molecular weight excluding hydrogens is 245 g/mol. The van der Waals surface area contributed by atoms with Crippen molar-refractivity contribution in [1.29, 1.82) is 0 Å². The molecule has 1 aromatic carbocycles. The molecule has 4 heteroatoms. The summed E-state index contributed by atoms with van der Waals surface area (Å²) >= 11 is 0. The third-order valence-corrected chi connectivity index (χ3v) is 4.18. The quantitative estimate of drug-likeness (QED) is 0.883. The number of ether oxygens (including phenoxy) is 1. The summed E-state index contributed by atoms with van der Waals surface area (Å²) in [6.07, 6.45) is 4.57. The minimum absolute atomic E-state index is 0.0870. The van der Waals surface area contributed by atoms with E-state index in [0.29, 0.717) is 12.6 Å². The summed E-state index contributed by atoms with van der Waals surface area (Å²) in [6, 6.07) is 5.31. The fraction of sp³-hybridized carbons (Fsp3) is 0.600. The molecule has 3 rings (SSSR count). The van der Waals surface area contributed by atoms with Crippen molar-refractivity contribution in [1.82, 2.24) is 4.90 Å². The molecule has 0 amide bonds. The highest BCUT2D eigenvalue weighted by molar-refractivity contribution is 5.37. The van der Waals surface area contributed by atoms with Crippen molar-refractivity contribution < 1.29 is 14.2 Å². The van der Waals surface area contributed by atoms with Gasteiger partial charge in [-0.1, -0.05) is 6.42 Å². The van der Waals surface area contributed by atoms with Gasteiger partial charge >= 0.3 is 0 Å². The van der Waals surface area contributed by atoms with Crippen molar-refractivity contribution in [3.63, 3.8) is 0 Å². The van der Waals surface area contributed by atoms with Crippen LogP contribution in [0.15, 0.2) is 18.2 Å². The number of hydrogen-bond acceptors (Lipinski definition) is 3. The fourth-order valence-corrected chi connectivity index (χ4v) is 2.96. The molecule has 1 unspecified atom stereocenters. The van der Waals surface area contributed by atoms with Crippen LogP contribution in [0.2, 0.25) is 0 Å². The van der Waals surface area contributed by atoms with Gasteiger partial charge in [-0.05, 0) is 31.0 Å². The van der Waals surface area contributed by atoms with Crippen LogP contribution in [0.1, 0.15) is 24.8 Å². The van der Waals surface area contributed by atoms with Gasteiger partial charge in [0, 0.05) is 31.1 Å². The highest BCUT2D eigenvalue weighted by Crippen LogP contribution is 2.31. The van der Waals surface area contributed by atoms with Crippen molar-refractivity contribution in [3.8, 4) is 5.75 Å². The Morgan fingerprint density at radius 3 is 2.89 bits per heavy atom. The molecule has 2 aliphatic rings. The van der Waals surface area contributed by atoms with Gasteiger partial charge in [-0.15, -0.1) is 0 Å². The van der Waals surface area contributed by atoms with Crippen LogP contribution in [0.5, 0.6) is 5.75 Å². The summed E-state index contributed by atoms with van der Waals surface area (Å²) in [4.78, 5) is 2.32. The lowest BCUT2D eigenvalue weighted by molar-refractivity contribution is 0.0630. The van der Waals surface area contributed by atoms with Gasteiger partial charge in [-0.2, -0.15) is 0 Å². The molecule has 0 radical (unpaired) electrons. The van der Waals surface area contributed by atoms with E-state index in [0.717, 1.165) is 24.3 Å². The second kappa shape index (κ2) is 5.47. The fourth-order valence-electron chi connectivity index (χ4n) is 2.96. The molecule has 104 valence electrons. The predicted octanol–water partition coefficient (Wildman–Crippen LogP) is 1.98. The van der Waals surface area contributed by atoms with E-state index in [4.69, 9.17) is 9.84 Å². The maximum Gasteiger partial charge on any atom is 0.123 e. The lowest BCUT2D eigenvalue weighted by atomic mass is 9.91. The van der Waals surface area contributed by atoms with Crippen molar-refractivity contribution in [3.05, 3.63) is 29.6 Å². The van der Waals surface area contributed by atoms with Crippen LogP contribution >= 0.6 is 0 Å². The number of aliphatic hydroxyl groups is 1. The Bertz CT molecular complexity index is 448. The number of fused-ring (bicyclic) bond motifs is 1. The maximum atomic E-state index is 13.2. The van der Waals surface area contributed by atoms with E-state index in [2.05, 4.69) is 4.90 Å². The smallest absolute Gasteiger partial charge is 0.123 e. The Kier molecular flexibility index (Phi) is 3.71. The predicted molar refractivity (Wildman–Crippen MR) is 70.8 cm³/mol. The third kappa shape index (κ3) is 2.74. The molecule has 1 aliphatic carbocycles. The van der Waals surface area contributed by atoms with Crippen molar-refractivity contribution in [2.45, 2.75) is 37.8 Å². The zero-order valence-electron chi connectivity index (χ0n) is 11.0. The van der Waals surface area contributed by atoms with Gasteiger partial charge in [0.25, 0.3) is 0 Å². The lowest BCUT2D eigenvalue weighted by Gasteiger charge is -2.38. The van der Waals surface area contributed by atoms with Gasteiger partial charge in [0.1, 0.15) is 17.7 Å². The van der Waals surface area contributed by atoms with E-state index in [-0.39, 0.29) is 18.5 Å². The Labute approximate surface area is 113 Å². The summed E-state index contributed by atoms with van der Waals surface area (Å²) in [6.45, 7) is 1.71. The molecule has 1 fully saturated rings. The summed E-state index contributed by atoms with van der Waals surface area (Å²) < 4.78 is 19.0. The number of nitrogens with zero attached hydrogens (tertiary/aromatic N) is 1. The van der Waals surface area contributed by atoms with Crippen LogP contribution in [-0.4, -0.2) is 41.8 Å². The average Bonchev–Trinajstić information content (AvgIpc) is 2.68. The van der Waals surface area contributed by atoms with Crippen molar-refractivity contribution in [2.24, 2.45) is 0 Å². The minimum atomic E-state index is -0.200. The largest absolute Gasteiger partial charge is 0.488 e. The lowest BCUT2D eigenvalue weighted by Crippen LogP contribution is -2.46. The first-order valence-corrected chi connectivity index (χ1v) is 7.06. The molecule has 0 bridgehead atoms. The second-order valence-electron chi connectivity index (χ2n) is 5.50. The van der Waals surface area contributed by atoms with Gasteiger partial charge in [0.2, 0.25) is 0 Å². The van der Waals surface area contributed by atoms with Crippen LogP contribution in [0, 0.1) is 5.82 Å². The summed E-state index contributed by atoms with van der Waals surface area (Å²) in [5, 5.41) is 9.16. The molecule has 1 aromatic rings. The molecule has 1 aliphatic heterocycles. The van der Waals surface area contributed by atoms with E-state index in [1.807, 2.05) is 0 Å². The van der Waals surface area contributed by atoms with Crippen LogP contribution < -0.4 is 4.74 Å². The Morgan fingerprint density at radius 1 is 1.37 bits per heavy atom. The first-order chi connectivity index (χ1) is 9.26. The van der Waals surface area contributed by atoms with Gasteiger partial charge in [0.15, 0.2) is 0 Å². The zero-order valence-corrected chi connectivity index (χ0v) is 11.0. The van der Waals surface area contributed by atoms with E-state index < -0.39 is 0 Å². The number of aliphatic hydroxyl groups excluding tert-OH is 1. The summed E-state index contributed by atoms with van der Waals surface area (Å²) in [5.74, 6) is 0.609. The van der Waals surface area contributed by atoms with E-state index in [1.165, 1.54) is 25.3 Å². The highest BCUT2D eigenvalue weighted by atomic mass is 19.1. The molecule has 19 heavy (non-hydrogen) atoms. The average molecular weight is 265 g/mol. The second-order valence-corrected chi connectivity index (χ2v) is 5.50. The third-order valence-electron chi connectivity index (χ3n) is 4.18. The van der Waals surface area contributed by atoms with Crippen LogP contribution in [-0.2, 0) is 6.42 Å². The molecule has 1 heterocycles. The summed E-state index contributed by atoms with van der Waals surface area (Å²) in [7, 11) is 0. The number of hydrogen-bond donors (Lipinski definition) is 1. The van der Waals surface area contributed by atoms with Crippen LogP contribution in [0.3, 0.4) is 0 Å². The standard InChI is InChI=1S/C15H20FNO2/c16-12-4-5-15-11(8-12)9-14(19-15)10-17(6-7-18)13-2-1-3-13/h4-5,8,13-14,18H,1-3,6-7,9-10H2. The summed E-state index contributed by atoms with van der Waals surface area (Å²) in [5.41, 5.74) is 0.961. The van der Waals surface area contributed by atoms with Gasteiger partial charge in [-0.25, -0.2) is 4.39 Å². The van der Waals surface area contributed by atoms with E-state index >= 15 is 0 Å². The van der Waals surface area contributed by atoms with E-state index in [1.54, 1.807) is 12.1 Å². The molecule has 1 atom stereocenters. The van der Waals surface area contributed by atoms with Crippen molar-refractivity contribution >= 4 is 0 Å². The zero-order chi connectivity index (χ0) is 13.2. The minimum Gasteiger partial charge on any atom is -0.488 e. The molecule has 3 nitrogen and oxygen atoms in total. The van der Waals surface area contributed by atoms with Crippen LogP contribution in [0.4, 0.5) is 4.39 Å². The Morgan fingerprint density at radius 2 is 2.21 bits per heavy atom. The SMILES string of the molecule is OCCN(CC1Cc2cc(F)ccc2O1)C1CCC1. The monoisotopic (exact) mass is 265 g/mol. The number of rotatable bonds is 5. The first kappa shape index (κ1) is 12.9.